The van der Waals surface area contributed by atoms with Crippen LogP contribution in [-0.4, -0.2) is 12.1 Å². The minimum absolute atomic E-state index is 0.103. The topological polar surface area (TPSA) is 21.3 Å². The molecule has 2 heteroatoms. The van der Waals surface area contributed by atoms with Gasteiger partial charge in [0.1, 0.15) is 11.4 Å². The Balaban J connectivity index is 1.90. The first-order valence-corrected chi connectivity index (χ1v) is 8.25. The summed E-state index contributed by atoms with van der Waals surface area (Å²) in [7, 11) is 0. The van der Waals surface area contributed by atoms with Crippen LogP contribution < -0.4 is 10.1 Å². The molecule has 1 spiro atoms. The van der Waals surface area contributed by atoms with E-state index in [4.69, 9.17) is 4.74 Å². The van der Waals surface area contributed by atoms with Crippen LogP contribution in [0.25, 0.3) is 0 Å². The van der Waals surface area contributed by atoms with Crippen molar-refractivity contribution in [2.24, 2.45) is 0 Å². The lowest BCUT2D eigenvalue weighted by atomic mass is 9.77. The maximum Gasteiger partial charge on any atom is 0.124 e. The van der Waals surface area contributed by atoms with Crippen molar-refractivity contribution in [1.29, 1.82) is 0 Å². The van der Waals surface area contributed by atoms with Gasteiger partial charge in [0.25, 0.3) is 0 Å². The average Bonchev–Trinajstić information content (AvgIpc) is 2.46. The maximum absolute atomic E-state index is 6.49. The fourth-order valence-corrected chi connectivity index (χ4v) is 3.79. The summed E-state index contributed by atoms with van der Waals surface area (Å²) in [6.45, 7) is 5.50. The summed E-state index contributed by atoms with van der Waals surface area (Å²) in [5, 5.41) is 3.75. The van der Waals surface area contributed by atoms with Gasteiger partial charge in [-0.2, -0.15) is 0 Å². The van der Waals surface area contributed by atoms with Crippen molar-refractivity contribution in [3.63, 3.8) is 0 Å². The largest absolute Gasteiger partial charge is 0.487 e. The minimum Gasteiger partial charge on any atom is -0.487 e. The standard InChI is InChI=1S/C18H27NO/c1-3-11-19-16-13-18(9-5-4-6-10-18)20-17-8-7-14(2)12-15(16)17/h7-8,12,16,19H,3-6,9-11,13H2,1-2H3. The van der Waals surface area contributed by atoms with Gasteiger partial charge in [-0.15, -0.1) is 0 Å². The fourth-order valence-electron chi connectivity index (χ4n) is 3.79. The Kier molecular flexibility index (Phi) is 4.02. The van der Waals surface area contributed by atoms with E-state index in [-0.39, 0.29) is 5.60 Å². The van der Waals surface area contributed by atoms with Crippen molar-refractivity contribution < 1.29 is 4.74 Å². The van der Waals surface area contributed by atoms with Gasteiger partial charge in [0.15, 0.2) is 0 Å². The second-order valence-corrected chi connectivity index (χ2v) is 6.60. The molecule has 20 heavy (non-hydrogen) atoms. The van der Waals surface area contributed by atoms with Crippen LogP contribution in [-0.2, 0) is 0 Å². The summed E-state index contributed by atoms with van der Waals surface area (Å²) in [5.74, 6) is 1.12. The Bertz CT molecular complexity index is 462. The SMILES string of the molecule is CCCNC1CC2(CCCCC2)Oc2ccc(C)cc21. The predicted molar refractivity (Wildman–Crippen MR) is 83.3 cm³/mol. The van der Waals surface area contributed by atoms with E-state index in [9.17, 15) is 0 Å². The first-order chi connectivity index (χ1) is 9.72. The van der Waals surface area contributed by atoms with Gasteiger partial charge in [-0.1, -0.05) is 31.0 Å². The van der Waals surface area contributed by atoms with Crippen LogP contribution in [0.1, 0.15) is 69.0 Å². The van der Waals surface area contributed by atoms with E-state index < -0.39 is 0 Å². The molecule has 2 aliphatic rings. The maximum atomic E-state index is 6.49. The molecule has 2 nitrogen and oxygen atoms in total. The summed E-state index contributed by atoms with van der Waals surface area (Å²) in [6.07, 6.45) is 8.80. The highest BCUT2D eigenvalue weighted by molar-refractivity contribution is 5.41. The minimum atomic E-state index is 0.103. The Hall–Kier alpha value is -1.02. The van der Waals surface area contributed by atoms with Crippen LogP contribution in [0.4, 0.5) is 0 Å². The smallest absolute Gasteiger partial charge is 0.124 e. The molecule has 1 saturated carbocycles. The van der Waals surface area contributed by atoms with Crippen LogP contribution in [0.5, 0.6) is 5.75 Å². The zero-order chi connectivity index (χ0) is 14.0. The lowest BCUT2D eigenvalue weighted by Crippen LogP contribution is -2.45. The number of hydrogen-bond donors (Lipinski definition) is 1. The second-order valence-electron chi connectivity index (χ2n) is 6.60. The number of fused-ring (bicyclic) bond motifs is 1. The van der Waals surface area contributed by atoms with Crippen molar-refractivity contribution in [2.45, 2.75) is 70.4 Å². The number of rotatable bonds is 3. The van der Waals surface area contributed by atoms with E-state index in [2.05, 4.69) is 37.4 Å². The molecule has 1 aromatic carbocycles. The van der Waals surface area contributed by atoms with Gasteiger partial charge in [0.2, 0.25) is 0 Å². The van der Waals surface area contributed by atoms with Crippen molar-refractivity contribution in [2.75, 3.05) is 6.54 Å². The highest BCUT2D eigenvalue weighted by Gasteiger charge is 2.41. The number of ether oxygens (including phenoxy) is 1. The normalized spacial score (nSPS) is 24.2. The highest BCUT2D eigenvalue weighted by atomic mass is 16.5. The molecule has 1 N–H and O–H groups in total. The quantitative estimate of drug-likeness (QED) is 0.874. The molecule has 1 aromatic rings. The molecular formula is C18H27NO. The van der Waals surface area contributed by atoms with Crippen LogP contribution in [0.15, 0.2) is 18.2 Å². The van der Waals surface area contributed by atoms with Crippen molar-refractivity contribution >= 4 is 0 Å². The summed E-state index contributed by atoms with van der Waals surface area (Å²) >= 11 is 0. The first kappa shape index (κ1) is 13.9. The van der Waals surface area contributed by atoms with E-state index in [1.54, 1.807) is 0 Å². The van der Waals surface area contributed by atoms with E-state index in [0.717, 1.165) is 18.7 Å². The number of nitrogens with one attached hydrogen (secondary N) is 1. The molecule has 1 unspecified atom stereocenters. The molecule has 0 aromatic heterocycles. The van der Waals surface area contributed by atoms with Crippen molar-refractivity contribution in [3.05, 3.63) is 29.3 Å². The number of hydrogen-bond acceptors (Lipinski definition) is 2. The van der Waals surface area contributed by atoms with Crippen LogP contribution in [0, 0.1) is 6.92 Å². The summed E-state index contributed by atoms with van der Waals surface area (Å²) < 4.78 is 6.49. The Labute approximate surface area is 122 Å². The molecule has 0 radical (unpaired) electrons. The van der Waals surface area contributed by atoms with E-state index >= 15 is 0 Å². The zero-order valence-corrected chi connectivity index (χ0v) is 12.9. The molecule has 0 bridgehead atoms. The monoisotopic (exact) mass is 273 g/mol. The van der Waals surface area contributed by atoms with Crippen LogP contribution >= 0.6 is 0 Å². The van der Waals surface area contributed by atoms with Gasteiger partial charge in [-0.05, 0) is 51.6 Å². The van der Waals surface area contributed by atoms with E-state index in [1.165, 1.54) is 49.7 Å². The van der Waals surface area contributed by atoms with Gasteiger partial charge in [0.05, 0.1) is 0 Å². The first-order valence-electron chi connectivity index (χ1n) is 8.25. The molecule has 3 rings (SSSR count). The molecule has 0 amide bonds. The van der Waals surface area contributed by atoms with Crippen LogP contribution in [0.3, 0.4) is 0 Å². The van der Waals surface area contributed by atoms with E-state index in [1.807, 2.05) is 0 Å². The highest BCUT2D eigenvalue weighted by Crippen LogP contribution is 2.46. The van der Waals surface area contributed by atoms with Crippen molar-refractivity contribution in [1.82, 2.24) is 5.32 Å². The molecule has 1 aliphatic carbocycles. The van der Waals surface area contributed by atoms with Gasteiger partial charge in [0, 0.05) is 18.0 Å². The van der Waals surface area contributed by atoms with Gasteiger partial charge in [-0.3, -0.25) is 0 Å². The summed E-state index contributed by atoms with van der Waals surface area (Å²) in [5.41, 5.74) is 2.80. The predicted octanol–water partition coefficient (Wildman–Crippen LogP) is 4.52. The second kappa shape index (κ2) is 5.77. The molecule has 1 aliphatic heterocycles. The fraction of sp³-hybridized carbons (Fsp3) is 0.667. The third-order valence-corrected chi connectivity index (χ3v) is 4.85. The average molecular weight is 273 g/mol. The van der Waals surface area contributed by atoms with Gasteiger partial charge in [-0.25, -0.2) is 0 Å². The van der Waals surface area contributed by atoms with Gasteiger partial charge < -0.3 is 10.1 Å². The Morgan fingerprint density at radius 3 is 2.80 bits per heavy atom. The Morgan fingerprint density at radius 1 is 1.25 bits per heavy atom. The van der Waals surface area contributed by atoms with Crippen molar-refractivity contribution in [3.8, 4) is 5.75 Å². The summed E-state index contributed by atoms with van der Waals surface area (Å²) in [6, 6.07) is 7.13. The van der Waals surface area contributed by atoms with E-state index in [0.29, 0.717) is 6.04 Å². The third-order valence-electron chi connectivity index (χ3n) is 4.85. The Morgan fingerprint density at radius 2 is 2.05 bits per heavy atom. The summed E-state index contributed by atoms with van der Waals surface area (Å²) in [4.78, 5) is 0. The van der Waals surface area contributed by atoms with Gasteiger partial charge >= 0.3 is 0 Å². The third kappa shape index (κ3) is 2.71. The molecular weight excluding hydrogens is 246 g/mol. The van der Waals surface area contributed by atoms with Crippen LogP contribution in [0.2, 0.25) is 0 Å². The number of aryl methyl sites for hydroxylation is 1. The molecule has 110 valence electrons. The lowest BCUT2D eigenvalue weighted by Gasteiger charge is -2.45. The zero-order valence-electron chi connectivity index (χ0n) is 12.9. The molecule has 1 heterocycles. The molecule has 1 atom stereocenters. The lowest BCUT2D eigenvalue weighted by molar-refractivity contribution is -0.00263. The molecule has 1 fully saturated rings. The molecule has 0 saturated heterocycles. The number of benzene rings is 1.